The lowest BCUT2D eigenvalue weighted by Gasteiger charge is -2.14. The molecule has 6 nitrogen and oxygen atoms in total. The SMILES string of the molecule is Cc1cc(NC(=O)C(C)Nc2ccc(Oc3ccccc3Cl)cc2)on1. The molecule has 1 amide bonds. The molecule has 1 unspecified atom stereocenters. The van der Waals surface area contributed by atoms with Gasteiger partial charge in [0.15, 0.2) is 0 Å². The van der Waals surface area contributed by atoms with Crippen LogP contribution in [-0.4, -0.2) is 17.1 Å². The maximum atomic E-state index is 12.2. The highest BCUT2D eigenvalue weighted by Gasteiger charge is 2.15. The molecule has 0 saturated carbocycles. The van der Waals surface area contributed by atoms with E-state index >= 15 is 0 Å². The van der Waals surface area contributed by atoms with Gasteiger partial charge in [-0.15, -0.1) is 0 Å². The van der Waals surface area contributed by atoms with Gasteiger partial charge in [0.2, 0.25) is 11.8 Å². The maximum absolute atomic E-state index is 12.2. The number of anilines is 2. The Morgan fingerprint density at radius 2 is 1.92 bits per heavy atom. The van der Waals surface area contributed by atoms with Gasteiger partial charge in [0.25, 0.3) is 0 Å². The molecule has 0 radical (unpaired) electrons. The Balaban J connectivity index is 1.58. The minimum atomic E-state index is -0.462. The molecule has 0 aliphatic heterocycles. The van der Waals surface area contributed by atoms with Gasteiger partial charge >= 0.3 is 0 Å². The largest absolute Gasteiger partial charge is 0.456 e. The topological polar surface area (TPSA) is 76.4 Å². The van der Waals surface area contributed by atoms with Gasteiger partial charge < -0.3 is 14.6 Å². The van der Waals surface area contributed by atoms with Crippen LogP contribution in [0, 0.1) is 6.92 Å². The summed E-state index contributed by atoms with van der Waals surface area (Å²) >= 11 is 6.08. The number of benzene rings is 2. The van der Waals surface area contributed by atoms with Crippen molar-refractivity contribution < 1.29 is 14.1 Å². The first-order valence-corrected chi connectivity index (χ1v) is 8.42. The number of hydrogen-bond acceptors (Lipinski definition) is 5. The number of carbonyl (C=O) groups excluding carboxylic acids is 1. The zero-order valence-corrected chi connectivity index (χ0v) is 15.1. The lowest BCUT2D eigenvalue weighted by molar-refractivity contribution is -0.116. The normalized spacial score (nSPS) is 11.7. The van der Waals surface area contributed by atoms with Crippen LogP contribution in [0.4, 0.5) is 11.6 Å². The second kappa shape index (κ2) is 7.93. The van der Waals surface area contributed by atoms with Crippen molar-refractivity contribution in [1.29, 1.82) is 0 Å². The van der Waals surface area contributed by atoms with Crippen LogP contribution in [0.3, 0.4) is 0 Å². The third kappa shape index (κ3) is 4.55. The standard InChI is InChI=1S/C19H18ClN3O3/c1-12-11-18(26-23-12)22-19(24)13(2)21-14-7-9-15(10-8-14)25-17-6-4-3-5-16(17)20/h3-11,13,21H,1-2H3,(H,22,24). The lowest BCUT2D eigenvalue weighted by Crippen LogP contribution is -2.31. The lowest BCUT2D eigenvalue weighted by atomic mass is 10.2. The van der Waals surface area contributed by atoms with Gasteiger partial charge in [0, 0.05) is 11.8 Å². The molecule has 0 bridgehead atoms. The summed E-state index contributed by atoms with van der Waals surface area (Å²) in [5.74, 6) is 1.34. The van der Waals surface area contributed by atoms with Gasteiger partial charge in [-0.3, -0.25) is 10.1 Å². The minimum absolute atomic E-state index is 0.224. The first kappa shape index (κ1) is 17.8. The number of hydrogen-bond donors (Lipinski definition) is 2. The molecule has 2 N–H and O–H groups in total. The smallest absolute Gasteiger partial charge is 0.248 e. The van der Waals surface area contributed by atoms with Gasteiger partial charge in [-0.2, -0.15) is 0 Å². The van der Waals surface area contributed by atoms with Crippen molar-refractivity contribution in [2.24, 2.45) is 0 Å². The van der Waals surface area contributed by atoms with Gasteiger partial charge in [-0.25, -0.2) is 0 Å². The predicted octanol–water partition coefficient (Wildman–Crippen LogP) is 4.87. The first-order valence-electron chi connectivity index (χ1n) is 8.04. The summed E-state index contributed by atoms with van der Waals surface area (Å²) in [6.07, 6.45) is 0. The Morgan fingerprint density at radius 3 is 2.58 bits per heavy atom. The number of aryl methyl sites for hydroxylation is 1. The van der Waals surface area contributed by atoms with E-state index in [4.69, 9.17) is 20.9 Å². The number of rotatable bonds is 6. The minimum Gasteiger partial charge on any atom is -0.456 e. The molecule has 0 spiro atoms. The van der Waals surface area contributed by atoms with Crippen LogP contribution in [0.1, 0.15) is 12.6 Å². The Kier molecular flexibility index (Phi) is 5.43. The number of nitrogens with zero attached hydrogens (tertiary/aromatic N) is 1. The molecular formula is C19H18ClN3O3. The van der Waals surface area contributed by atoms with Gasteiger partial charge in [0.1, 0.15) is 17.5 Å². The van der Waals surface area contributed by atoms with E-state index in [1.807, 2.05) is 24.3 Å². The van der Waals surface area contributed by atoms with Crippen LogP contribution >= 0.6 is 11.6 Å². The third-order valence-corrected chi connectivity index (χ3v) is 3.88. The summed E-state index contributed by atoms with van der Waals surface area (Å²) in [6.45, 7) is 3.54. The molecule has 1 aromatic heterocycles. The second-order valence-electron chi connectivity index (χ2n) is 5.74. The van der Waals surface area contributed by atoms with E-state index in [9.17, 15) is 4.79 Å². The molecule has 0 aliphatic rings. The Labute approximate surface area is 156 Å². The molecule has 0 fully saturated rings. The summed E-state index contributed by atoms with van der Waals surface area (Å²) < 4.78 is 10.7. The zero-order valence-electron chi connectivity index (χ0n) is 14.3. The fourth-order valence-corrected chi connectivity index (χ4v) is 2.42. The Bertz CT molecular complexity index is 893. The van der Waals surface area contributed by atoms with Crippen LogP contribution in [0.15, 0.2) is 59.1 Å². The number of carbonyl (C=O) groups is 1. The Hall–Kier alpha value is -2.99. The average molecular weight is 372 g/mol. The summed E-state index contributed by atoms with van der Waals surface area (Å²) in [5.41, 5.74) is 1.49. The summed E-state index contributed by atoms with van der Waals surface area (Å²) in [5, 5.41) is 10.1. The molecule has 3 rings (SSSR count). The summed E-state index contributed by atoms with van der Waals surface area (Å²) in [6, 6.07) is 15.7. The van der Waals surface area contributed by atoms with Crippen molar-refractivity contribution >= 4 is 29.1 Å². The number of amides is 1. The van der Waals surface area contributed by atoms with Crippen LogP contribution in [0.25, 0.3) is 0 Å². The summed E-state index contributed by atoms with van der Waals surface area (Å²) in [7, 11) is 0. The van der Waals surface area contributed by atoms with Crippen LogP contribution in [0.5, 0.6) is 11.5 Å². The fourth-order valence-electron chi connectivity index (χ4n) is 2.24. The first-order chi connectivity index (χ1) is 12.5. The van der Waals surface area contributed by atoms with Crippen LogP contribution in [0.2, 0.25) is 5.02 Å². The average Bonchev–Trinajstić information content (AvgIpc) is 3.03. The quantitative estimate of drug-likeness (QED) is 0.646. The predicted molar refractivity (Wildman–Crippen MR) is 101 cm³/mol. The van der Waals surface area contributed by atoms with E-state index in [-0.39, 0.29) is 5.91 Å². The van der Waals surface area contributed by atoms with E-state index in [0.717, 1.165) is 5.69 Å². The highest BCUT2D eigenvalue weighted by atomic mass is 35.5. The van der Waals surface area contributed by atoms with Crippen molar-refractivity contribution in [3.63, 3.8) is 0 Å². The van der Waals surface area contributed by atoms with Crippen LogP contribution < -0.4 is 15.4 Å². The maximum Gasteiger partial charge on any atom is 0.248 e. The highest BCUT2D eigenvalue weighted by Crippen LogP contribution is 2.29. The van der Waals surface area contributed by atoms with Crippen molar-refractivity contribution in [1.82, 2.24) is 5.16 Å². The molecule has 26 heavy (non-hydrogen) atoms. The monoisotopic (exact) mass is 371 g/mol. The molecule has 1 atom stereocenters. The number of ether oxygens (including phenoxy) is 1. The molecule has 7 heteroatoms. The molecule has 0 aliphatic carbocycles. The molecule has 3 aromatic rings. The summed E-state index contributed by atoms with van der Waals surface area (Å²) in [4.78, 5) is 12.2. The number of nitrogens with one attached hydrogen (secondary N) is 2. The van der Waals surface area contributed by atoms with E-state index in [1.54, 1.807) is 44.2 Å². The van der Waals surface area contributed by atoms with Crippen molar-refractivity contribution in [2.75, 3.05) is 10.6 Å². The third-order valence-electron chi connectivity index (χ3n) is 3.57. The van der Waals surface area contributed by atoms with Gasteiger partial charge in [-0.1, -0.05) is 28.9 Å². The number of aromatic nitrogens is 1. The van der Waals surface area contributed by atoms with Crippen molar-refractivity contribution in [2.45, 2.75) is 19.9 Å². The molecule has 2 aromatic carbocycles. The fraction of sp³-hybridized carbons (Fsp3) is 0.158. The highest BCUT2D eigenvalue weighted by molar-refractivity contribution is 6.32. The second-order valence-corrected chi connectivity index (χ2v) is 6.15. The van der Waals surface area contributed by atoms with Gasteiger partial charge in [-0.05, 0) is 50.2 Å². The van der Waals surface area contributed by atoms with Gasteiger partial charge in [0.05, 0.1) is 10.7 Å². The van der Waals surface area contributed by atoms with Crippen molar-refractivity contribution in [3.8, 4) is 11.5 Å². The molecule has 134 valence electrons. The number of para-hydroxylation sites is 1. The van der Waals surface area contributed by atoms with E-state index in [0.29, 0.717) is 28.1 Å². The van der Waals surface area contributed by atoms with E-state index < -0.39 is 6.04 Å². The van der Waals surface area contributed by atoms with E-state index in [2.05, 4.69) is 15.8 Å². The van der Waals surface area contributed by atoms with Crippen molar-refractivity contribution in [3.05, 3.63) is 65.3 Å². The van der Waals surface area contributed by atoms with Crippen LogP contribution in [-0.2, 0) is 4.79 Å². The molecule has 1 heterocycles. The molecular weight excluding hydrogens is 354 g/mol. The Morgan fingerprint density at radius 1 is 1.19 bits per heavy atom. The molecule has 0 saturated heterocycles. The number of halogens is 1. The van der Waals surface area contributed by atoms with E-state index in [1.165, 1.54) is 0 Å². The zero-order chi connectivity index (χ0) is 18.5.